The third-order valence-electron chi connectivity index (χ3n) is 4.72. The van der Waals surface area contributed by atoms with Crippen molar-refractivity contribution in [1.29, 1.82) is 0 Å². The first-order chi connectivity index (χ1) is 12.6. The van der Waals surface area contributed by atoms with Crippen molar-refractivity contribution < 1.29 is 9.59 Å². The van der Waals surface area contributed by atoms with Crippen LogP contribution in [0.1, 0.15) is 33.9 Å². The third kappa shape index (κ3) is 3.18. The summed E-state index contributed by atoms with van der Waals surface area (Å²) in [5, 5.41) is 7.57. The van der Waals surface area contributed by atoms with E-state index in [9.17, 15) is 9.59 Å². The van der Waals surface area contributed by atoms with Crippen LogP contribution in [-0.4, -0.2) is 23.3 Å². The predicted molar refractivity (Wildman–Crippen MR) is 101 cm³/mol. The molecule has 2 amide bonds. The second-order valence-electron chi connectivity index (χ2n) is 6.42. The molecule has 6 heteroatoms. The molecule has 0 spiro atoms. The summed E-state index contributed by atoms with van der Waals surface area (Å²) < 4.78 is 0. The fraction of sp³-hybridized carbons (Fsp3) is 0.200. The van der Waals surface area contributed by atoms with Crippen LogP contribution in [0.5, 0.6) is 0 Å². The molecule has 0 radical (unpaired) electrons. The third-order valence-corrected chi connectivity index (χ3v) is 4.96. The van der Waals surface area contributed by atoms with Gasteiger partial charge in [-0.05, 0) is 41.8 Å². The van der Waals surface area contributed by atoms with Crippen LogP contribution in [0.15, 0.2) is 48.7 Å². The Hall–Kier alpha value is -2.79. The zero-order valence-electron chi connectivity index (χ0n) is 14.0. The maximum absolute atomic E-state index is 12.3. The molecule has 0 aliphatic carbocycles. The van der Waals surface area contributed by atoms with Crippen molar-refractivity contribution in [2.75, 3.05) is 6.54 Å². The molecule has 5 nitrogen and oxygen atoms in total. The Morgan fingerprint density at radius 2 is 2.04 bits per heavy atom. The van der Waals surface area contributed by atoms with Gasteiger partial charge in [0.05, 0.1) is 12.5 Å². The Balaban J connectivity index is 1.35. The molecule has 132 valence electrons. The van der Waals surface area contributed by atoms with Gasteiger partial charge < -0.3 is 15.6 Å². The SMILES string of the molecule is O=C(C[C@H]1NC(=O)c2ccccc21)NCCc1c[nH]c2ccc(Cl)cc12. The van der Waals surface area contributed by atoms with Gasteiger partial charge in [-0.25, -0.2) is 0 Å². The standard InChI is InChI=1S/C20H18ClN3O2/c21-13-5-6-17-16(9-13)12(11-23-17)7-8-22-19(25)10-18-14-3-1-2-4-15(14)20(26)24-18/h1-6,9,11,18,23H,7-8,10H2,(H,22,25)(H,24,26)/t18-/m1/s1. The molecule has 0 saturated carbocycles. The number of fused-ring (bicyclic) bond motifs is 2. The van der Waals surface area contributed by atoms with Crippen molar-refractivity contribution in [2.24, 2.45) is 0 Å². The number of H-pyrrole nitrogens is 1. The molecule has 26 heavy (non-hydrogen) atoms. The van der Waals surface area contributed by atoms with Crippen molar-refractivity contribution in [1.82, 2.24) is 15.6 Å². The van der Waals surface area contributed by atoms with Crippen molar-refractivity contribution in [3.05, 3.63) is 70.4 Å². The summed E-state index contributed by atoms with van der Waals surface area (Å²) in [4.78, 5) is 27.4. The van der Waals surface area contributed by atoms with Crippen molar-refractivity contribution >= 4 is 34.3 Å². The molecule has 2 heterocycles. The largest absolute Gasteiger partial charge is 0.361 e. The topological polar surface area (TPSA) is 74.0 Å². The number of aromatic amines is 1. The number of aromatic nitrogens is 1. The number of halogens is 1. The van der Waals surface area contributed by atoms with Gasteiger partial charge in [-0.15, -0.1) is 0 Å². The van der Waals surface area contributed by atoms with Gasteiger partial charge in [0.15, 0.2) is 0 Å². The Labute approximate surface area is 155 Å². The van der Waals surface area contributed by atoms with E-state index in [0.29, 0.717) is 23.6 Å². The van der Waals surface area contributed by atoms with Gasteiger partial charge in [0.25, 0.3) is 5.91 Å². The predicted octanol–water partition coefficient (Wildman–Crippen LogP) is 3.35. The highest BCUT2D eigenvalue weighted by atomic mass is 35.5. The summed E-state index contributed by atoms with van der Waals surface area (Å²) in [5.41, 5.74) is 3.68. The smallest absolute Gasteiger partial charge is 0.252 e. The summed E-state index contributed by atoms with van der Waals surface area (Å²) in [6.07, 6.45) is 2.89. The van der Waals surface area contributed by atoms with Crippen molar-refractivity contribution in [2.45, 2.75) is 18.9 Å². The number of carbonyl (C=O) groups is 2. The van der Waals surface area contributed by atoms with Crippen molar-refractivity contribution in [3.63, 3.8) is 0 Å². The van der Waals surface area contributed by atoms with Gasteiger partial charge in [0, 0.05) is 34.2 Å². The molecule has 3 N–H and O–H groups in total. The summed E-state index contributed by atoms with van der Waals surface area (Å²) in [5.74, 6) is -0.195. The Kier molecular flexibility index (Phi) is 4.39. The molecule has 1 atom stereocenters. The minimum Gasteiger partial charge on any atom is -0.361 e. The number of hydrogen-bond donors (Lipinski definition) is 3. The lowest BCUT2D eigenvalue weighted by molar-refractivity contribution is -0.121. The minimum atomic E-state index is -0.259. The zero-order chi connectivity index (χ0) is 18.1. The zero-order valence-corrected chi connectivity index (χ0v) is 14.8. The lowest BCUT2D eigenvalue weighted by atomic mass is 10.0. The lowest BCUT2D eigenvalue weighted by Gasteiger charge is -2.12. The number of hydrogen-bond acceptors (Lipinski definition) is 2. The molecule has 1 aliphatic heterocycles. The first-order valence-corrected chi connectivity index (χ1v) is 8.91. The van der Waals surface area contributed by atoms with Crippen LogP contribution in [0.3, 0.4) is 0 Å². The normalized spacial score (nSPS) is 15.7. The molecular formula is C20H18ClN3O2. The summed E-state index contributed by atoms with van der Waals surface area (Å²) in [6.45, 7) is 0.528. The average Bonchev–Trinajstić information content (AvgIpc) is 3.17. The lowest BCUT2D eigenvalue weighted by Crippen LogP contribution is -2.30. The number of rotatable bonds is 5. The molecule has 0 bridgehead atoms. The van der Waals surface area contributed by atoms with Crippen molar-refractivity contribution in [3.8, 4) is 0 Å². The molecule has 0 fully saturated rings. The number of benzene rings is 2. The van der Waals surface area contributed by atoms with Gasteiger partial charge >= 0.3 is 0 Å². The van der Waals surface area contributed by atoms with Crippen LogP contribution in [0, 0.1) is 0 Å². The second kappa shape index (κ2) is 6.84. The second-order valence-corrected chi connectivity index (χ2v) is 6.86. The average molecular weight is 368 g/mol. The van der Waals surface area contributed by atoms with E-state index < -0.39 is 0 Å². The maximum atomic E-state index is 12.3. The Bertz CT molecular complexity index is 996. The number of amides is 2. The molecule has 0 unspecified atom stereocenters. The van der Waals surface area contributed by atoms with Crippen LogP contribution in [0.4, 0.5) is 0 Å². The highest BCUT2D eigenvalue weighted by molar-refractivity contribution is 6.31. The Morgan fingerprint density at radius 1 is 1.19 bits per heavy atom. The van der Waals surface area contributed by atoms with E-state index in [2.05, 4.69) is 15.6 Å². The maximum Gasteiger partial charge on any atom is 0.252 e. The van der Waals surface area contributed by atoms with Crippen LogP contribution in [-0.2, 0) is 11.2 Å². The van der Waals surface area contributed by atoms with Gasteiger partial charge in [-0.2, -0.15) is 0 Å². The summed E-state index contributed by atoms with van der Waals surface area (Å²) in [6, 6.07) is 12.8. The van der Waals surface area contributed by atoms with E-state index in [0.717, 1.165) is 22.0 Å². The highest BCUT2D eigenvalue weighted by Gasteiger charge is 2.29. The monoisotopic (exact) mass is 367 g/mol. The molecule has 0 saturated heterocycles. The fourth-order valence-corrected chi connectivity index (χ4v) is 3.61. The minimum absolute atomic E-state index is 0.0788. The van der Waals surface area contributed by atoms with Gasteiger partial charge in [-0.3, -0.25) is 9.59 Å². The van der Waals surface area contributed by atoms with E-state index in [1.807, 2.05) is 42.6 Å². The fourth-order valence-electron chi connectivity index (χ4n) is 3.43. The van der Waals surface area contributed by atoms with Crippen LogP contribution in [0.25, 0.3) is 10.9 Å². The molecular weight excluding hydrogens is 350 g/mol. The molecule has 4 rings (SSSR count). The Morgan fingerprint density at radius 3 is 2.92 bits per heavy atom. The summed E-state index contributed by atoms with van der Waals surface area (Å²) in [7, 11) is 0. The quantitative estimate of drug-likeness (QED) is 0.647. The van der Waals surface area contributed by atoms with E-state index in [1.165, 1.54) is 0 Å². The molecule has 3 aromatic rings. The summed E-state index contributed by atoms with van der Waals surface area (Å²) >= 11 is 6.06. The first kappa shape index (κ1) is 16.7. The first-order valence-electron chi connectivity index (χ1n) is 8.54. The van der Waals surface area contributed by atoms with E-state index in [1.54, 1.807) is 6.07 Å². The number of carbonyl (C=O) groups excluding carboxylic acids is 2. The van der Waals surface area contributed by atoms with Gasteiger partial charge in [0.1, 0.15) is 0 Å². The van der Waals surface area contributed by atoms with Gasteiger partial charge in [-0.1, -0.05) is 29.8 Å². The molecule has 2 aromatic carbocycles. The van der Waals surface area contributed by atoms with E-state index in [4.69, 9.17) is 11.6 Å². The van der Waals surface area contributed by atoms with Crippen LogP contribution < -0.4 is 10.6 Å². The van der Waals surface area contributed by atoms with E-state index in [-0.39, 0.29) is 24.3 Å². The van der Waals surface area contributed by atoms with Crippen LogP contribution in [0.2, 0.25) is 5.02 Å². The number of nitrogens with one attached hydrogen (secondary N) is 3. The van der Waals surface area contributed by atoms with Crippen LogP contribution >= 0.6 is 11.6 Å². The molecule has 1 aromatic heterocycles. The van der Waals surface area contributed by atoms with Gasteiger partial charge in [0.2, 0.25) is 5.91 Å². The molecule has 1 aliphatic rings. The van der Waals surface area contributed by atoms with E-state index >= 15 is 0 Å². The highest BCUT2D eigenvalue weighted by Crippen LogP contribution is 2.27.